The van der Waals surface area contributed by atoms with Gasteiger partial charge in [0.15, 0.2) is 0 Å². The van der Waals surface area contributed by atoms with Crippen molar-refractivity contribution in [2.24, 2.45) is 0 Å². The van der Waals surface area contributed by atoms with Crippen LogP contribution in [0.1, 0.15) is 58.5 Å². The number of nitrogens with zero attached hydrogens (tertiary/aromatic N) is 2. The Balaban J connectivity index is 1.28. The van der Waals surface area contributed by atoms with Gasteiger partial charge in [-0.05, 0) is 49.2 Å². The number of benzene rings is 3. The van der Waals surface area contributed by atoms with Gasteiger partial charge in [-0.3, -0.25) is 14.4 Å². The Kier molecular flexibility index (Phi) is 6.01. The van der Waals surface area contributed by atoms with E-state index in [1.165, 1.54) is 16.5 Å². The van der Waals surface area contributed by atoms with Crippen LogP contribution in [0.5, 0.6) is 0 Å². The summed E-state index contributed by atoms with van der Waals surface area (Å²) in [6, 6.07) is 20.3. The lowest BCUT2D eigenvalue weighted by molar-refractivity contribution is 0.0923. The summed E-state index contributed by atoms with van der Waals surface area (Å²) in [5.41, 5.74) is 5.28. The number of nitrogens with one attached hydrogen (secondary N) is 1. The highest BCUT2D eigenvalue weighted by atomic mass is 32.1. The molecule has 6 nitrogen and oxygen atoms in total. The number of aromatic nitrogens is 1. The predicted octanol–water partition coefficient (Wildman–Crippen LogP) is 5.08. The van der Waals surface area contributed by atoms with Crippen LogP contribution in [-0.4, -0.2) is 22.7 Å². The molecule has 3 aromatic carbocycles. The molecule has 7 heteroatoms. The number of hydrogen-bond acceptors (Lipinski definition) is 5. The zero-order valence-electron chi connectivity index (χ0n) is 19.4. The molecule has 0 bridgehead atoms. The summed E-state index contributed by atoms with van der Waals surface area (Å²) in [4.78, 5) is 44.7. The minimum atomic E-state index is -0.420. The molecule has 1 N–H and O–H groups in total. The molecular weight excluding hydrogens is 458 g/mol. The third-order valence-corrected chi connectivity index (χ3v) is 6.87. The van der Waals surface area contributed by atoms with Crippen LogP contribution in [0.15, 0.2) is 72.1 Å². The topological polar surface area (TPSA) is 79.4 Å². The maximum absolute atomic E-state index is 13.1. The molecule has 1 aliphatic rings. The summed E-state index contributed by atoms with van der Waals surface area (Å²) < 4.78 is 0. The van der Waals surface area contributed by atoms with Gasteiger partial charge in [0, 0.05) is 17.4 Å². The van der Waals surface area contributed by atoms with Crippen LogP contribution in [-0.2, 0) is 13.0 Å². The van der Waals surface area contributed by atoms with Crippen molar-refractivity contribution in [3.05, 3.63) is 116 Å². The van der Waals surface area contributed by atoms with Crippen LogP contribution in [0.3, 0.4) is 0 Å². The first kappa shape index (κ1) is 22.7. The van der Waals surface area contributed by atoms with E-state index < -0.39 is 5.91 Å². The van der Waals surface area contributed by atoms with E-state index in [0.29, 0.717) is 16.8 Å². The molecule has 4 aromatic rings. The van der Waals surface area contributed by atoms with Crippen LogP contribution in [0.2, 0.25) is 0 Å². The van der Waals surface area contributed by atoms with Crippen LogP contribution in [0.4, 0.5) is 5.69 Å². The molecule has 0 fully saturated rings. The Labute approximate surface area is 207 Å². The third kappa shape index (κ3) is 4.50. The normalized spacial score (nSPS) is 12.7. The number of rotatable bonds is 6. The summed E-state index contributed by atoms with van der Waals surface area (Å²) in [7, 11) is 0. The quantitative estimate of drug-likeness (QED) is 0.390. The smallest absolute Gasteiger partial charge is 0.266 e. The summed E-state index contributed by atoms with van der Waals surface area (Å²) >= 11 is 1.56. The Morgan fingerprint density at radius 3 is 2.49 bits per heavy atom. The van der Waals surface area contributed by atoms with Gasteiger partial charge < -0.3 is 5.32 Å². The van der Waals surface area contributed by atoms with Crippen molar-refractivity contribution in [1.29, 1.82) is 0 Å². The second-order valence-electron chi connectivity index (χ2n) is 8.57. The second-order valence-corrected chi connectivity index (χ2v) is 9.52. The summed E-state index contributed by atoms with van der Waals surface area (Å²) in [5.74, 6) is -1.12. The molecule has 2 heterocycles. The van der Waals surface area contributed by atoms with Crippen molar-refractivity contribution in [2.45, 2.75) is 26.8 Å². The predicted molar refractivity (Wildman–Crippen MR) is 136 cm³/mol. The number of carbonyl (C=O) groups excluding carboxylic acids is 3. The molecular formula is C28H23N3O3S. The molecule has 174 valence electrons. The SMILES string of the molecule is Cc1ccc(N2C(=O)c3ccc(C(=O)NCc4csc(Cc5ccccc5)n4)cc3C2=O)c(C)c1. The average Bonchev–Trinajstić information content (AvgIpc) is 3.40. The van der Waals surface area contributed by atoms with Crippen molar-refractivity contribution >= 4 is 34.7 Å². The molecule has 1 aliphatic heterocycles. The first-order chi connectivity index (χ1) is 16.9. The zero-order chi connectivity index (χ0) is 24.5. The number of fused-ring (bicyclic) bond motifs is 1. The maximum Gasteiger partial charge on any atom is 0.266 e. The molecule has 0 radical (unpaired) electrons. The minimum absolute atomic E-state index is 0.237. The largest absolute Gasteiger partial charge is 0.346 e. The van der Waals surface area contributed by atoms with Gasteiger partial charge in [0.05, 0.1) is 34.1 Å². The molecule has 0 saturated heterocycles. The van der Waals surface area contributed by atoms with E-state index in [4.69, 9.17) is 0 Å². The molecule has 3 amide bonds. The highest BCUT2D eigenvalue weighted by molar-refractivity contribution is 7.09. The first-order valence-corrected chi connectivity index (χ1v) is 12.1. The fourth-order valence-corrected chi connectivity index (χ4v) is 5.04. The number of anilines is 1. The van der Waals surface area contributed by atoms with Gasteiger partial charge in [-0.15, -0.1) is 11.3 Å². The van der Waals surface area contributed by atoms with Gasteiger partial charge in [-0.1, -0.05) is 48.0 Å². The van der Waals surface area contributed by atoms with Crippen molar-refractivity contribution in [3.63, 3.8) is 0 Å². The van der Waals surface area contributed by atoms with E-state index in [-0.39, 0.29) is 23.9 Å². The van der Waals surface area contributed by atoms with Gasteiger partial charge in [-0.2, -0.15) is 0 Å². The molecule has 1 aromatic heterocycles. The Bertz CT molecular complexity index is 1460. The number of aryl methyl sites for hydroxylation is 2. The van der Waals surface area contributed by atoms with Gasteiger partial charge in [-0.25, -0.2) is 9.88 Å². The van der Waals surface area contributed by atoms with Crippen LogP contribution in [0, 0.1) is 13.8 Å². The molecule has 0 spiro atoms. The maximum atomic E-state index is 13.1. The summed E-state index contributed by atoms with van der Waals surface area (Å²) in [6.07, 6.45) is 0.747. The first-order valence-electron chi connectivity index (χ1n) is 11.3. The van der Waals surface area contributed by atoms with Crippen molar-refractivity contribution in [3.8, 4) is 0 Å². The lowest BCUT2D eigenvalue weighted by atomic mass is 10.1. The van der Waals surface area contributed by atoms with Gasteiger partial charge >= 0.3 is 0 Å². The van der Waals surface area contributed by atoms with Gasteiger partial charge in [0.25, 0.3) is 17.7 Å². The fourth-order valence-electron chi connectivity index (χ4n) is 4.21. The lowest BCUT2D eigenvalue weighted by Crippen LogP contribution is -2.30. The van der Waals surface area contributed by atoms with Crippen molar-refractivity contribution < 1.29 is 14.4 Å². The van der Waals surface area contributed by atoms with E-state index in [0.717, 1.165) is 28.2 Å². The molecule has 5 rings (SSSR count). The van der Waals surface area contributed by atoms with Crippen LogP contribution < -0.4 is 10.2 Å². The van der Waals surface area contributed by atoms with E-state index in [2.05, 4.69) is 22.4 Å². The Hall–Kier alpha value is -4.10. The number of hydrogen-bond donors (Lipinski definition) is 1. The van der Waals surface area contributed by atoms with Crippen molar-refractivity contribution in [2.75, 3.05) is 4.90 Å². The number of amides is 3. The van der Waals surface area contributed by atoms with E-state index in [9.17, 15) is 14.4 Å². The third-order valence-electron chi connectivity index (χ3n) is 5.97. The summed E-state index contributed by atoms with van der Waals surface area (Å²) in [5, 5.41) is 5.78. The lowest BCUT2D eigenvalue weighted by Gasteiger charge is -2.16. The molecule has 0 aliphatic carbocycles. The molecule has 0 saturated carbocycles. The van der Waals surface area contributed by atoms with Crippen LogP contribution in [0.25, 0.3) is 0 Å². The van der Waals surface area contributed by atoms with Gasteiger partial charge in [0.2, 0.25) is 0 Å². The molecule has 35 heavy (non-hydrogen) atoms. The standard InChI is InChI=1S/C28H23N3O3S/c1-17-8-11-24(18(2)12-17)31-27(33)22-10-9-20(14-23(22)28(31)34)26(32)29-15-21-16-35-25(30-21)13-19-6-4-3-5-7-19/h3-12,14,16H,13,15H2,1-2H3,(H,29,32). The number of thiazole rings is 1. The minimum Gasteiger partial charge on any atom is -0.346 e. The Morgan fingerprint density at radius 2 is 1.71 bits per heavy atom. The van der Waals surface area contributed by atoms with E-state index >= 15 is 0 Å². The molecule has 0 atom stereocenters. The fraction of sp³-hybridized carbons (Fsp3) is 0.143. The summed E-state index contributed by atoms with van der Waals surface area (Å²) in [6.45, 7) is 4.11. The number of carbonyl (C=O) groups is 3. The van der Waals surface area contributed by atoms with E-state index in [1.807, 2.05) is 49.6 Å². The monoisotopic (exact) mass is 481 g/mol. The van der Waals surface area contributed by atoms with Crippen LogP contribution >= 0.6 is 11.3 Å². The number of imide groups is 1. The highest BCUT2D eigenvalue weighted by Gasteiger charge is 2.37. The second kappa shape index (κ2) is 9.27. The van der Waals surface area contributed by atoms with Gasteiger partial charge in [0.1, 0.15) is 0 Å². The highest BCUT2D eigenvalue weighted by Crippen LogP contribution is 2.31. The average molecular weight is 482 g/mol. The Morgan fingerprint density at radius 1 is 0.943 bits per heavy atom. The van der Waals surface area contributed by atoms with E-state index in [1.54, 1.807) is 29.5 Å². The molecule has 0 unspecified atom stereocenters. The zero-order valence-corrected chi connectivity index (χ0v) is 20.2. The van der Waals surface area contributed by atoms with Crippen molar-refractivity contribution in [1.82, 2.24) is 10.3 Å².